The smallest absolute Gasteiger partial charge is 0.407 e. The van der Waals surface area contributed by atoms with Crippen molar-refractivity contribution in [3.8, 4) is 16.2 Å². The number of nitrogens with zero attached hydrogens (tertiary/aromatic N) is 1. The molecule has 5 nitrogen and oxygen atoms in total. The summed E-state index contributed by atoms with van der Waals surface area (Å²) in [5, 5.41) is 4.45. The van der Waals surface area contributed by atoms with E-state index in [0.29, 0.717) is 12.5 Å². The average Bonchev–Trinajstić information content (AvgIpc) is 3.26. The third-order valence-electron chi connectivity index (χ3n) is 7.53. The number of nitrogens with one attached hydrogen (secondary N) is 1. The zero-order valence-electron chi connectivity index (χ0n) is 19.2. The van der Waals surface area contributed by atoms with Crippen LogP contribution in [0.2, 0.25) is 0 Å². The molecule has 1 N–H and O–H groups in total. The molecule has 6 heteroatoms. The molecule has 1 amide bonds. The maximum atomic E-state index is 13.0. The van der Waals surface area contributed by atoms with E-state index < -0.39 is 0 Å². The Kier molecular flexibility index (Phi) is 5.11. The highest BCUT2D eigenvalue weighted by atomic mass is 32.1. The molecule has 3 fully saturated rings. The van der Waals surface area contributed by atoms with Crippen molar-refractivity contribution in [3.63, 3.8) is 0 Å². The Morgan fingerprint density at radius 3 is 2.73 bits per heavy atom. The van der Waals surface area contributed by atoms with Gasteiger partial charge in [-0.25, -0.2) is 4.79 Å². The number of alkyl carbamates (subject to hydrolysis) is 1. The molecule has 3 aromatic rings. The monoisotopic (exact) mass is 462 g/mol. The van der Waals surface area contributed by atoms with Crippen molar-refractivity contribution in [2.45, 2.75) is 38.8 Å². The van der Waals surface area contributed by atoms with Crippen LogP contribution in [0.4, 0.5) is 4.79 Å². The Morgan fingerprint density at radius 1 is 1.15 bits per heavy atom. The molecular formula is C27H30N2O3S. The van der Waals surface area contributed by atoms with Gasteiger partial charge in [0.2, 0.25) is 0 Å². The fourth-order valence-electron chi connectivity index (χ4n) is 5.55. The molecule has 0 aliphatic carbocycles. The summed E-state index contributed by atoms with van der Waals surface area (Å²) in [5.74, 6) is 1.34. The van der Waals surface area contributed by atoms with E-state index in [9.17, 15) is 4.79 Å². The van der Waals surface area contributed by atoms with Crippen LogP contribution in [0, 0.1) is 11.3 Å². The molecule has 5 heterocycles. The quantitative estimate of drug-likeness (QED) is 0.531. The van der Waals surface area contributed by atoms with Crippen LogP contribution in [0.3, 0.4) is 0 Å². The first-order chi connectivity index (χ1) is 16.0. The third-order valence-corrected chi connectivity index (χ3v) is 8.70. The second-order valence-electron chi connectivity index (χ2n) is 10.3. The molecule has 2 atom stereocenters. The summed E-state index contributed by atoms with van der Waals surface area (Å²) in [6.45, 7) is 7.94. The third kappa shape index (κ3) is 3.89. The minimum atomic E-state index is -0.312. The van der Waals surface area contributed by atoms with Gasteiger partial charge in [-0.15, -0.1) is 11.3 Å². The van der Waals surface area contributed by atoms with E-state index in [1.165, 1.54) is 15.0 Å². The lowest BCUT2D eigenvalue weighted by molar-refractivity contribution is -0.0361. The number of thiophene rings is 1. The zero-order valence-corrected chi connectivity index (χ0v) is 20.0. The second-order valence-corrected chi connectivity index (χ2v) is 11.4. The highest BCUT2D eigenvalue weighted by Gasteiger charge is 2.41. The van der Waals surface area contributed by atoms with Gasteiger partial charge in [0, 0.05) is 27.1 Å². The molecule has 1 unspecified atom stereocenters. The lowest BCUT2D eigenvalue weighted by Gasteiger charge is -2.44. The van der Waals surface area contributed by atoms with Gasteiger partial charge >= 0.3 is 6.09 Å². The highest BCUT2D eigenvalue weighted by molar-refractivity contribution is 7.22. The molecule has 3 saturated heterocycles. The minimum Gasteiger partial charge on any atom is -0.493 e. The molecule has 0 spiro atoms. The van der Waals surface area contributed by atoms with Gasteiger partial charge in [-0.2, -0.15) is 0 Å². The van der Waals surface area contributed by atoms with Crippen LogP contribution in [0.25, 0.3) is 20.5 Å². The van der Waals surface area contributed by atoms with Gasteiger partial charge in [0.25, 0.3) is 0 Å². The van der Waals surface area contributed by atoms with Crippen molar-refractivity contribution >= 4 is 27.5 Å². The molecule has 2 aromatic carbocycles. The Balaban J connectivity index is 1.24. The Morgan fingerprint density at radius 2 is 1.97 bits per heavy atom. The molecule has 0 radical (unpaired) electrons. The van der Waals surface area contributed by atoms with E-state index in [4.69, 9.17) is 9.47 Å². The molecule has 0 saturated carbocycles. The van der Waals surface area contributed by atoms with Crippen LogP contribution >= 0.6 is 11.3 Å². The maximum Gasteiger partial charge on any atom is 0.407 e. The van der Waals surface area contributed by atoms with E-state index in [2.05, 4.69) is 72.6 Å². The standard InChI is InChI=1S/C27H30N2O3S/c1-27(2)16-31-21-13-19(24-14-18-5-3-4-6-23(18)33-24)7-8-20(21)25(27)28-26(30)32-22-15-29-11-9-17(22)10-12-29/h3-8,13-14,17,22,25H,9-12,15-16H2,1-2H3,(H,28,30)/t22-,25?/m1/s1. The van der Waals surface area contributed by atoms with Crippen molar-refractivity contribution in [1.29, 1.82) is 0 Å². The largest absolute Gasteiger partial charge is 0.493 e. The lowest BCUT2D eigenvalue weighted by atomic mass is 9.79. The fourth-order valence-corrected chi connectivity index (χ4v) is 6.61. The van der Waals surface area contributed by atoms with E-state index >= 15 is 0 Å². The van der Waals surface area contributed by atoms with Crippen molar-refractivity contribution in [1.82, 2.24) is 10.2 Å². The van der Waals surface area contributed by atoms with Gasteiger partial charge in [0.15, 0.2) is 0 Å². The van der Waals surface area contributed by atoms with Gasteiger partial charge in [-0.05, 0) is 61.0 Å². The second kappa shape index (κ2) is 8.03. The van der Waals surface area contributed by atoms with Gasteiger partial charge in [0.1, 0.15) is 11.9 Å². The van der Waals surface area contributed by atoms with E-state index in [1.807, 2.05) is 0 Å². The van der Waals surface area contributed by atoms with Crippen LogP contribution in [0.5, 0.6) is 5.75 Å². The van der Waals surface area contributed by atoms with E-state index in [0.717, 1.165) is 49.4 Å². The van der Waals surface area contributed by atoms with E-state index in [1.54, 1.807) is 11.3 Å². The van der Waals surface area contributed by atoms with Crippen LogP contribution in [-0.2, 0) is 4.74 Å². The number of amides is 1. The van der Waals surface area contributed by atoms with Crippen molar-refractivity contribution in [2.24, 2.45) is 11.3 Å². The molecular weight excluding hydrogens is 432 g/mol. The van der Waals surface area contributed by atoms with Crippen LogP contribution in [0.1, 0.15) is 38.3 Å². The number of piperidine rings is 3. The van der Waals surface area contributed by atoms with Gasteiger partial charge < -0.3 is 14.8 Å². The molecule has 7 rings (SSSR count). The number of rotatable bonds is 3. The molecule has 33 heavy (non-hydrogen) atoms. The Hall–Kier alpha value is -2.57. The molecule has 4 aliphatic rings. The number of ether oxygens (including phenoxy) is 2. The zero-order chi connectivity index (χ0) is 22.6. The number of hydrogen-bond donors (Lipinski definition) is 1. The van der Waals surface area contributed by atoms with Gasteiger partial charge in [0.05, 0.1) is 12.6 Å². The molecule has 172 valence electrons. The van der Waals surface area contributed by atoms with Crippen LogP contribution < -0.4 is 10.1 Å². The first-order valence-corrected chi connectivity index (χ1v) is 12.7. The minimum absolute atomic E-state index is 0.00487. The first-order valence-electron chi connectivity index (χ1n) is 11.9. The summed E-state index contributed by atoms with van der Waals surface area (Å²) in [5.41, 5.74) is 1.92. The number of benzene rings is 2. The summed E-state index contributed by atoms with van der Waals surface area (Å²) >= 11 is 1.79. The molecule has 2 bridgehead atoms. The average molecular weight is 463 g/mol. The predicted octanol–water partition coefficient (Wildman–Crippen LogP) is 5.85. The predicted molar refractivity (Wildman–Crippen MR) is 132 cm³/mol. The topological polar surface area (TPSA) is 50.8 Å². The maximum absolute atomic E-state index is 13.0. The number of carbonyl (C=O) groups excluding carboxylic acids is 1. The lowest BCUT2D eigenvalue weighted by Crippen LogP contribution is -2.53. The highest BCUT2D eigenvalue weighted by Crippen LogP contribution is 2.45. The SMILES string of the molecule is CC1(C)COc2cc(-c3cc4ccccc4s3)ccc2C1NC(=O)O[C@@H]1CN2CCC1CC2. The summed E-state index contributed by atoms with van der Waals surface area (Å²) in [4.78, 5) is 16.6. The molecule has 1 aromatic heterocycles. The fraction of sp³-hybridized carbons (Fsp3) is 0.444. The van der Waals surface area contributed by atoms with Crippen LogP contribution in [-0.4, -0.2) is 43.3 Å². The van der Waals surface area contributed by atoms with Gasteiger partial charge in [-0.3, -0.25) is 4.90 Å². The van der Waals surface area contributed by atoms with Crippen molar-refractivity contribution in [2.75, 3.05) is 26.2 Å². The number of carbonyl (C=O) groups is 1. The normalized spacial score (nSPS) is 27.6. The first kappa shape index (κ1) is 21.0. The molecule has 4 aliphatic heterocycles. The van der Waals surface area contributed by atoms with Crippen molar-refractivity contribution in [3.05, 3.63) is 54.1 Å². The number of fused-ring (bicyclic) bond motifs is 5. The number of hydrogen-bond acceptors (Lipinski definition) is 5. The summed E-state index contributed by atoms with van der Waals surface area (Å²) < 4.78 is 13.4. The summed E-state index contributed by atoms with van der Waals surface area (Å²) in [6.07, 6.45) is 1.95. The summed E-state index contributed by atoms with van der Waals surface area (Å²) in [7, 11) is 0. The Bertz CT molecular complexity index is 1160. The summed E-state index contributed by atoms with van der Waals surface area (Å²) in [6, 6.07) is 16.9. The van der Waals surface area contributed by atoms with Gasteiger partial charge in [-0.1, -0.05) is 44.2 Å². The van der Waals surface area contributed by atoms with E-state index in [-0.39, 0.29) is 23.7 Å². The Labute approximate surface area is 198 Å². The van der Waals surface area contributed by atoms with Crippen LogP contribution in [0.15, 0.2) is 48.5 Å². The van der Waals surface area contributed by atoms with Crippen molar-refractivity contribution < 1.29 is 14.3 Å².